The molecule has 1 aromatic carbocycles. The van der Waals surface area contributed by atoms with E-state index in [1.54, 1.807) is 0 Å². The van der Waals surface area contributed by atoms with Crippen LogP contribution in [0.3, 0.4) is 0 Å². The van der Waals surface area contributed by atoms with E-state index < -0.39 is 6.10 Å². The number of aliphatic hydroxyl groups is 1. The molecule has 3 heteroatoms. The van der Waals surface area contributed by atoms with Crippen molar-refractivity contribution in [3.63, 3.8) is 0 Å². The molecular formula is C20H33NO2. The first-order valence-corrected chi connectivity index (χ1v) is 9.19. The maximum atomic E-state index is 10.2. The SMILES string of the molecule is Cc1ccc(C)c(OCC(O)CNC2CCCCCCC2)c1C. The van der Waals surface area contributed by atoms with E-state index >= 15 is 0 Å². The van der Waals surface area contributed by atoms with Crippen LogP contribution in [0.1, 0.15) is 61.6 Å². The molecule has 0 saturated heterocycles. The second kappa shape index (κ2) is 9.29. The molecule has 0 heterocycles. The van der Waals surface area contributed by atoms with Gasteiger partial charge >= 0.3 is 0 Å². The van der Waals surface area contributed by atoms with E-state index in [2.05, 4.69) is 38.2 Å². The molecule has 0 aliphatic heterocycles. The molecular weight excluding hydrogens is 286 g/mol. The summed E-state index contributed by atoms with van der Waals surface area (Å²) in [6.45, 7) is 7.20. The molecule has 1 aliphatic rings. The van der Waals surface area contributed by atoms with Gasteiger partial charge in [0, 0.05) is 12.6 Å². The Morgan fingerprint density at radius 3 is 2.35 bits per heavy atom. The van der Waals surface area contributed by atoms with E-state index in [9.17, 15) is 5.11 Å². The van der Waals surface area contributed by atoms with Gasteiger partial charge in [-0.15, -0.1) is 0 Å². The monoisotopic (exact) mass is 319 g/mol. The van der Waals surface area contributed by atoms with Crippen LogP contribution >= 0.6 is 0 Å². The molecule has 1 saturated carbocycles. The summed E-state index contributed by atoms with van der Waals surface area (Å²) < 4.78 is 5.90. The van der Waals surface area contributed by atoms with Gasteiger partial charge in [-0.3, -0.25) is 0 Å². The Bertz CT molecular complexity index is 479. The van der Waals surface area contributed by atoms with E-state index in [4.69, 9.17) is 4.74 Å². The van der Waals surface area contributed by atoms with Gasteiger partial charge < -0.3 is 15.2 Å². The normalized spacial score (nSPS) is 18.3. The first-order valence-electron chi connectivity index (χ1n) is 9.19. The molecule has 0 spiro atoms. The molecule has 2 rings (SSSR count). The molecule has 1 aliphatic carbocycles. The highest BCUT2D eigenvalue weighted by molar-refractivity contribution is 5.44. The van der Waals surface area contributed by atoms with Gasteiger partial charge in [-0.25, -0.2) is 0 Å². The second-order valence-electron chi connectivity index (χ2n) is 7.07. The van der Waals surface area contributed by atoms with Gasteiger partial charge in [-0.05, 0) is 50.3 Å². The largest absolute Gasteiger partial charge is 0.490 e. The van der Waals surface area contributed by atoms with E-state index in [0.717, 1.165) is 11.3 Å². The van der Waals surface area contributed by atoms with Gasteiger partial charge in [0.1, 0.15) is 18.5 Å². The van der Waals surface area contributed by atoms with Crippen LogP contribution in [0.5, 0.6) is 5.75 Å². The van der Waals surface area contributed by atoms with Crippen LogP contribution in [-0.2, 0) is 0 Å². The van der Waals surface area contributed by atoms with Gasteiger partial charge in [-0.2, -0.15) is 0 Å². The van der Waals surface area contributed by atoms with Crippen LogP contribution in [0.15, 0.2) is 12.1 Å². The average molecular weight is 319 g/mol. The summed E-state index contributed by atoms with van der Waals surface area (Å²) in [5.74, 6) is 0.926. The molecule has 0 aromatic heterocycles. The van der Waals surface area contributed by atoms with Gasteiger partial charge in [0.15, 0.2) is 0 Å². The predicted octanol–water partition coefficient (Wildman–Crippen LogP) is 4.05. The first-order chi connectivity index (χ1) is 11.1. The van der Waals surface area contributed by atoms with Crippen molar-refractivity contribution in [3.05, 3.63) is 28.8 Å². The van der Waals surface area contributed by atoms with Crippen molar-refractivity contribution in [2.75, 3.05) is 13.2 Å². The molecule has 23 heavy (non-hydrogen) atoms. The van der Waals surface area contributed by atoms with Crippen molar-refractivity contribution in [2.24, 2.45) is 0 Å². The maximum absolute atomic E-state index is 10.2. The van der Waals surface area contributed by atoms with Gasteiger partial charge in [0.2, 0.25) is 0 Å². The van der Waals surface area contributed by atoms with Gasteiger partial charge in [0.25, 0.3) is 0 Å². The van der Waals surface area contributed by atoms with Crippen molar-refractivity contribution < 1.29 is 9.84 Å². The van der Waals surface area contributed by atoms with Crippen LogP contribution < -0.4 is 10.1 Å². The summed E-state index contributed by atoms with van der Waals surface area (Å²) in [4.78, 5) is 0. The summed E-state index contributed by atoms with van der Waals surface area (Å²) in [6.07, 6.45) is 8.74. The highest BCUT2D eigenvalue weighted by Crippen LogP contribution is 2.25. The fourth-order valence-corrected chi connectivity index (χ4v) is 3.35. The lowest BCUT2D eigenvalue weighted by Gasteiger charge is -2.23. The fourth-order valence-electron chi connectivity index (χ4n) is 3.35. The number of hydrogen-bond donors (Lipinski definition) is 2. The molecule has 3 nitrogen and oxygen atoms in total. The Morgan fingerprint density at radius 2 is 1.65 bits per heavy atom. The van der Waals surface area contributed by atoms with Crippen molar-refractivity contribution in [2.45, 2.75) is 77.9 Å². The summed E-state index contributed by atoms with van der Waals surface area (Å²) in [7, 11) is 0. The number of nitrogens with one attached hydrogen (secondary N) is 1. The average Bonchev–Trinajstić information content (AvgIpc) is 2.50. The second-order valence-corrected chi connectivity index (χ2v) is 7.07. The quantitative estimate of drug-likeness (QED) is 0.831. The first kappa shape index (κ1) is 18.3. The lowest BCUT2D eigenvalue weighted by Crippen LogP contribution is -2.38. The topological polar surface area (TPSA) is 41.5 Å². The van der Waals surface area contributed by atoms with Crippen molar-refractivity contribution in [1.29, 1.82) is 0 Å². The van der Waals surface area contributed by atoms with Crippen molar-refractivity contribution >= 4 is 0 Å². The number of aryl methyl sites for hydroxylation is 2. The smallest absolute Gasteiger partial charge is 0.125 e. The Hall–Kier alpha value is -1.06. The number of rotatable bonds is 6. The molecule has 0 radical (unpaired) electrons. The van der Waals surface area contributed by atoms with E-state index in [0.29, 0.717) is 19.2 Å². The van der Waals surface area contributed by atoms with Crippen molar-refractivity contribution in [1.82, 2.24) is 5.32 Å². The zero-order valence-corrected chi connectivity index (χ0v) is 15.0. The minimum Gasteiger partial charge on any atom is -0.490 e. The lowest BCUT2D eigenvalue weighted by molar-refractivity contribution is 0.101. The number of benzene rings is 1. The summed E-state index contributed by atoms with van der Waals surface area (Å²) in [5, 5.41) is 13.8. The number of ether oxygens (including phenoxy) is 1. The van der Waals surface area contributed by atoms with Crippen LogP contribution in [0, 0.1) is 20.8 Å². The van der Waals surface area contributed by atoms with Crippen LogP contribution in [0.2, 0.25) is 0 Å². The Kier molecular flexibility index (Phi) is 7.38. The zero-order chi connectivity index (χ0) is 16.7. The third kappa shape index (κ3) is 5.82. The minimum absolute atomic E-state index is 0.352. The third-order valence-corrected chi connectivity index (χ3v) is 5.04. The molecule has 0 amide bonds. The molecule has 1 aromatic rings. The van der Waals surface area contributed by atoms with Crippen molar-refractivity contribution in [3.8, 4) is 5.75 Å². The predicted molar refractivity (Wildman–Crippen MR) is 96.3 cm³/mol. The number of aliphatic hydroxyl groups excluding tert-OH is 1. The van der Waals surface area contributed by atoms with Crippen LogP contribution in [-0.4, -0.2) is 30.4 Å². The standard InChI is InChI=1S/C20H33NO2/c1-15-11-12-16(2)20(17(15)3)23-14-19(22)13-21-18-9-7-5-4-6-8-10-18/h11-12,18-19,21-22H,4-10,13-14H2,1-3H3. The minimum atomic E-state index is -0.459. The summed E-state index contributed by atoms with van der Waals surface area (Å²) >= 11 is 0. The van der Waals surface area contributed by atoms with E-state index in [1.807, 2.05) is 0 Å². The molecule has 1 atom stereocenters. The molecule has 1 unspecified atom stereocenters. The lowest BCUT2D eigenvalue weighted by atomic mass is 9.96. The Balaban J connectivity index is 1.76. The Labute approximate surface area is 141 Å². The molecule has 0 bridgehead atoms. The molecule has 130 valence electrons. The molecule has 1 fully saturated rings. The summed E-state index contributed by atoms with van der Waals surface area (Å²) in [5.41, 5.74) is 3.53. The maximum Gasteiger partial charge on any atom is 0.125 e. The Morgan fingerprint density at radius 1 is 1.04 bits per heavy atom. The van der Waals surface area contributed by atoms with Gasteiger partial charge in [-0.1, -0.05) is 44.2 Å². The highest BCUT2D eigenvalue weighted by atomic mass is 16.5. The highest BCUT2D eigenvalue weighted by Gasteiger charge is 2.14. The van der Waals surface area contributed by atoms with Crippen LogP contribution in [0.4, 0.5) is 0 Å². The third-order valence-electron chi connectivity index (χ3n) is 5.04. The fraction of sp³-hybridized carbons (Fsp3) is 0.700. The number of hydrogen-bond acceptors (Lipinski definition) is 3. The van der Waals surface area contributed by atoms with Gasteiger partial charge in [0.05, 0.1) is 0 Å². The zero-order valence-electron chi connectivity index (χ0n) is 15.0. The van der Waals surface area contributed by atoms with E-state index in [1.165, 1.54) is 56.1 Å². The van der Waals surface area contributed by atoms with Crippen LogP contribution in [0.25, 0.3) is 0 Å². The molecule has 2 N–H and O–H groups in total. The van der Waals surface area contributed by atoms with E-state index in [-0.39, 0.29) is 0 Å². The summed E-state index contributed by atoms with van der Waals surface area (Å²) in [6, 6.07) is 4.76.